The van der Waals surface area contributed by atoms with Crippen molar-refractivity contribution in [2.45, 2.75) is 52.6 Å². The van der Waals surface area contributed by atoms with Gasteiger partial charge in [-0.3, -0.25) is 0 Å². The van der Waals surface area contributed by atoms with E-state index in [2.05, 4.69) is 21.2 Å². The number of hydrogen-bond donors (Lipinski definition) is 1. The minimum Gasteiger partial charge on any atom is -0.465 e. The van der Waals surface area contributed by atoms with Crippen molar-refractivity contribution in [2.24, 2.45) is 5.92 Å². The standard InChI is InChI=1S/C23H33BrN2O4/c1-16(20(21(27)29-5)18-8-6-7-9-19(18)24)25-13-10-17-11-14-26(15-12-17)22(28)30-23(2,3)4/h6-9,17,25H,10-15H2,1-5H3/b20-16+. The van der Waals surface area contributed by atoms with E-state index in [9.17, 15) is 9.59 Å². The third-order valence-electron chi connectivity index (χ3n) is 5.12. The zero-order chi connectivity index (χ0) is 22.3. The maximum Gasteiger partial charge on any atom is 0.410 e. The Morgan fingerprint density at radius 2 is 1.83 bits per heavy atom. The molecule has 1 amide bonds. The number of carbonyl (C=O) groups excluding carboxylic acids is 2. The van der Waals surface area contributed by atoms with E-state index >= 15 is 0 Å². The van der Waals surface area contributed by atoms with Crippen LogP contribution in [0.4, 0.5) is 4.79 Å². The molecule has 166 valence electrons. The number of nitrogens with zero attached hydrogens (tertiary/aromatic N) is 1. The molecule has 2 rings (SSSR count). The fourth-order valence-electron chi connectivity index (χ4n) is 3.51. The van der Waals surface area contributed by atoms with Gasteiger partial charge >= 0.3 is 12.1 Å². The van der Waals surface area contributed by atoms with Gasteiger partial charge in [-0.1, -0.05) is 34.1 Å². The molecule has 0 aromatic heterocycles. The molecule has 6 nitrogen and oxygen atoms in total. The van der Waals surface area contributed by atoms with Crippen LogP contribution in [0.2, 0.25) is 0 Å². The van der Waals surface area contributed by atoms with E-state index in [1.807, 2.05) is 52.0 Å². The summed E-state index contributed by atoms with van der Waals surface area (Å²) in [6.45, 7) is 9.75. The van der Waals surface area contributed by atoms with E-state index in [0.717, 1.165) is 54.6 Å². The highest BCUT2D eigenvalue weighted by Crippen LogP contribution is 2.27. The van der Waals surface area contributed by atoms with Crippen molar-refractivity contribution in [1.29, 1.82) is 0 Å². The third-order valence-corrected chi connectivity index (χ3v) is 5.81. The summed E-state index contributed by atoms with van der Waals surface area (Å²) in [7, 11) is 1.39. The SMILES string of the molecule is COC(=O)/C(=C(\C)NCCC1CCN(C(=O)OC(C)(C)C)CC1)c1ccccc1Br. The zero-order valence-corrected chi connectivity index (χ0v) is 20.2. The van der Waals surface area contributed by atoms with Crippen LogP contribution in [-0.2, 0) is 14.3 Å². The van der Waals surface area contributed by atoms with Crippen molar-refractivity contribution in [1.82, 2.24) is 10.2 Å². The molecule has 1 aliphatic rings. The molecule has 30 heavy (non-hydrogen) atoms. The van der Waals surface area contributed by atoms with Gasteiger partial charge in [-0.05, 0) is 58.9 Å². The van der Waals surface area contributed by atoms with Crippen molar-refractivity contribution in [3.63, 3.8) is 0 Å². The van der Waals surface area contributed by atoms with E-state index in [1.165, 1.54) is 7.11 Å². The summed E-state index contributed by atoms with van der Waals surface area (Å²) in [5.74, 6) is 0.173. The molecule has 0 unspecified atom stereocenters. The second kappa shape index (κ2) is 10.8. The molecule has 0 saturated carbocycles. The van der Waals surface area contributed by atoms with Gasteiger partial charge in [0.1, 0.15) is 5.60 Å². The predicted molar refractivity (Wildman–Crippen MR) is 122 cm³/mol. The van der Waals surface area contributed by atoms with Gasteiger partial charge in [-0.15, -0.1) is 0 Å². The van der Waals surface area contributed by atoms with E-state index in [0.29, 0.717) is 11.5 Å². The predicted octanol–water partition coefficient (Wildman–Crippen LogP) is 4.98. The number of piperidine rings is 1. The molecule has 1 aromatic carbocycles. The Hall–Kier alpha value is -2.02. The van der Waals surface area contributed by atoms with Crippen molar-refractivity contribution >= 4 is 33.6 Å². The summed E-state index contributed by atoms with van der Waals surface area (Å²) in [4.78, 5) is 26.4. The van der Waals surface area contributed by atoms with Gasteiger partial charge < -0.3 is 19.7 Å². The number of likely N-dealkylation sites (tertiary alicyclic amines) is 1. The molecule has 1 saturated heterocycles. The number of ether oxygens (including phenoxy) is 2. The van der Waals surface area contributed by atoms with Crippen LogP contribution in [0.5, 0.6) is 0 Å². The fourth-order valence-corrected chi connectivity index (χ4v) is 4.00. The largest absolute Gasteiger partial charge is 0.465 e. The van der Waals surface area contributed by atoms with E-state index in [-0.39, 0.29) is 12.1 Å². The molecule has 0 spiro atoms. The maximum atomic E-state index is 12.4. The molecule has 0 bridgehead atoms. The molecule has 0 atom stereocenters. The lowest BCUT2D eigenvalue weighted by Crippen LogP contribution is -2.42. The highest BCUT2D eigenvalue weighted by Gasteiger charge is 2.26. The number of hydrogen-bond acceptors (Lipinski definition) is 5. The number of methoxy groups -OCH3 is 1. The number of amides is 1. The first-order chi connectivity index (χ1) is 14.1. The third kappa shape index (κ3) is 7.04. The number of benzene rings is 1. The number of esters is 1. The lowest BCUT2D eigenvalue weighted by molar-refractivity contribution is -0.133. The zero-order valence-electron chi connectivity index (χ0n) is 18.6. The van der Waals surface area contributed by atoms with Crippen molar-refractivity contribution in [3.05, 3.63) is 40.0 Å². The van der Waals surface area contributed by atoms with Crippen molar-refractivity contribution < 1.29 is 19.1 Å². The molecule has 1 fully saturated rings. The Bertz CT molecular complexity index is 778. The smallest absolute Gasteiger partial charge is 0.410 e. The first kappa shape index (κ1) is 24.3. The van der Waals surface area contributed by atoms with Gasteiger partial charge in [0.15, 0.2) is 0 Å². The van der Waals surface area contributed by atoms with Gasteiger partial charge in [-0.25, -0.2) is 9.59 Å². The quantitative estimate of drug-likeness (QED) is 0.459. The topological polar surface area (TPSA) is 67.9 Å². The number of halogens is 1. The summed E-state index contributed by atoms with van der Waals surface area (Å²) in [5.41, 5.74) is 1.66. The molecule has 1 heterocycles. The number of allylic oxidation sites excluding steroid dienone is 1. The summed E-state index contributed by atoms with van der Waals surface area (Å²) in [5, 5.41) is 3.39. The molecule has 1 N–H and O–H groups in total. The van der Waals surface area contributed by atoms with Gasteiger partial charge in [-0.2, -0.15) is 0 Å². The highest BCUT2D eigenvalue weighted by atomic mass is 79.9. The van der Waals surface area contributed by atoms with Crippen LogP contribution in [0.1, 0.15) is 52.5 Å². The number of rotatable bonds is 6. The lowest BCUT2D eigenvalue weighted by atomic mass is 9.93. The van der Waals surface area contributed by atoms with Crippen LogP contribution in [0.15, 0.2) is 34.4 Å². The Labute approximate surface area is 188 Å². The minimum atomic E-state index is -0.465. The number of nitrogens with one attached hydrogen (secondary N) is 1. The van der Waals surface area contributed by atoms with Crippen LogP contribution in [0, 0.1) is 5.92 Å². The Kier molecular flexibility index (Phi) is 8.77. The summed E-state index contributed by atoms with van der Waals surface area (Å²) < 4.78 is 11.3. The van der Waals surface area contributed by atoms with Crippen molar-refractivity contribution in [2.75, 3.05) is 26.7 Å². The molecular weight excluding hydrogens is 448 g/mol. The average molecular weight is 481 g/mol. The first-order valence-electron chi connectivity index (χ1n) is 10.4. The molecule has 0 radical (unpaired) electrons. The Balaban J connectivity index is 1.90. The maximum absolute atomic E-state index is 12.4. The molecule has 0 aliphatic carbocycles. The summed E-state index contributed by atoms with van der Waals surface area (Å²) in [6, 6.07) is 7.61. The van der Waals surface area contributed by atoms with E-state index in [1.54, 1.807) is 4.90 Å². The molecular formula is C23H33BrN2O4. The lowest BCUT2D eigenvalue weighted by Gasteiger charge is -2.33. The second-order valence-corrected chi connectivity index (χ2v) is 9.45. The molecule has 1 aliphatic heterocycles. The second-order valence-electron chi connectivity index (χ2n) is 8.60. The average Bonchev–Trinajstić information content (AvgIpc) is 2.68. The van der Waals surface area contributed by atoms with E-state index < -0.39 is 5.60 Å². The van der Waals surface area contributed by atoms with Crippen LogP contribution < -0.4 is 5.32 Å². The van der Waals surface area contributed by atoms with Crippen LogP contribution >= 0.6 is 15.9 Å². The van der Waals surface area contributed by atoms with Gasteiger partial charge in [0.2, 0.25) is 0 Å². The normalized spacial score (nSPS) is 16.0. The number of carbonyl (C=O) groups is 2. The minimum absolute atomic E-state index is 0.228. The van der Waals surface area contributed by atoms with Gasteiger partial charge in [0.05, 0.1) is 12.7 Å². The summed E-state index contributed by atoms with van der Waals surface area (Å²) in [6.07, 6.45) is 2.66. The molecule has 7 heteroatoms. The molecule has 1 aromatic rings. The fraction of sp³-hybridized carbons (Fsp3) is 0.565. The van der Waals surface area contributed by atoms with Crippen molar-refractivity contribution in [3.8, 4) is 0 Å². The Morgan fingerprint density at radius 1 is 1.20 bits per heavy atom. The van der Waals surface area contributed by atoms with Crippen LogP contribution in [0.3, 0.4) is 0 Å². The van der Waals surface area contributed by atoms with Gasteiger partial charge in [0.25, 0.3) is 0 Å². The monoisotopic (exact) mass is 480 g/mol. The van der Waals surface area contributed by atoms with Crippen LogP contribution in [0.25, 0.3) is 5.57 Å². The van der Waals surface area contributed by atoms with Gasteiger partial charge in [0, 0.05) is 35.4 Å². The van der Waals surface area contributed by atoms with Crippen LogP contribution in [-0.4, -0.2) is 49.3 Å². The highest BCUT2D eigenvalue weighted by molar-refractivity contribution is 9.10. The summed E-state index contributed by atoms with van der Waals surface area (Å²) >= 11 is 3.52. The van der Waals surface area contributed by atoms with E-state index in [4.69, 9.17) is 9.47 Å². The first-order valence-corrected chi connectivity index (χ1v) is 11.2. The Morgan fingerprint density at radius 3 is 2.40 bits per heavy atom.